The van der Waals surface area contributed by atoms with Crippen LogP contribution in [0.2, 0.25) is 0 Å². The summed E-state index contributed by atoms with van der Waals surface area (Å²) in [5.41, 5.74) is 5.33. The minimum absolute atomic E-state index is 0.0924. The monoisotopic (exact) mass is 301 g/mol. The van der Waals surface area contributed by atoms with Gasteiger partial charge in [-0.2, -0.15) is 4.31 Å². The molecule has 0 aliphatic carbocycles. The average Bonchev–Trinajstić information content (AvgIpc) is 2.34. The zero-order valence-electron chi connectivity index (χ0n) is 11.7. The lowest BCUT2D eigenvalue weighted by Gasteiger charge is -2.25. The van der Waals surface area contributed by atoms with E-state index in [0.717, 1.165) is 12.1 Å². The molecule has 0 saturated heterocycles. The highest BCUT2D eigenvalue weighted by Crippen LogP contribution is 2.27. The maximum Gasteiger partial charge on any atom is 0.271 e. The number of nitrogens with zero attached hydrogens (tertiary/aromatic N) is 2. The molecule has 0 aliphatic heterocycles. The van der Waals surface area contributed by atoms with E-state index in [1.807, 2.05) is 6.92 Å². The SMILES string of the molecule is CCCN(C(C)C)S(=O)(=O)c1ccc([N+](=O)[O-])cc1N. The highest BCUT2D eigenvalue weighted by Gasteiger charge is 2.28. The Morgan fingerprint density at radius 1 is 1.40 bits per heavy atom. The van der Waals surface area contributed by atoms with E-state index >= 15 is 0 Å². The first-order chi connectivity index (χ1) is 9.21. The van der Waals surface area contributed by atoms with E-state index in [9.17, 15) is 18.5 Å². The fraction of sp³-hybridized carbons (Fsp3) is 0.500. The topological polar surface area (TPSA) is 107 Å². The lowest BCUT2D eigenvalue weighted by Crippen LogP contribution is -2.37. The van der Waals surface area contributed by atoms with Gasteiger partial charge in [-0.3, -0.25) is 10.1 Å². The van der Waals surface area contributed by atoms with Gasteiger partial charge in [0.25, 0.3) is 5.69 Å². The van der Waals surface area contributed by atoms with Gasteiger partial charge in [-0.05, 0) is 26.3 Å². The van der Waals surface area contributed by atoms with Crippen LogP contribution in [0.4, 0.5) is 11.4 Å². The molecule has 0 amide bonds. The number of nitrogen functional groups attached to an aromatic ring is 1. The van der Waals surface area contributed by atoms with Crippen LogP contribution in [-0.4, -0.2) is 30.2 Å². The summed E-state index contributed by atoms with van der Waals surface area (Å²) in [6.07, 6.45) is 0.671. The van der Waals surface area contributed by atoms with Crippen molar-refractivity contribution in [3.8, 4) is 0 Å². The fourth-order valence-corrected chi connectivity index (χ4v) is 3.71. The number of rotatable bonds is 6. The van der Waals surface area contributed by atoms with Crippen molar-refractivity contribution in [2.45, 2.75) is 38.1 Å². The van der Waals surface area contributed by atoms with Crippen LogP contribution >= 0.6 is 0 Å². The first-order valence-corrected chi connectivity index (χ1v) is 7.71. The Labute approximate surface area is 118 Å². The number of hydrogen-bond acceptors (Lipinski definition) is 5. The summed E-state index contributed by atoms with van der Waals surface area (Å²) < 4.78 is 26.4. The molecular formula is C12H19N3O4S. The lowest BCUT2D eigenvalue weighted by molar-refractivity contribution is -0.384. The van der Waals surface area contributed by atoms with Crippen LogP contribution in [0.1, 0.15) is 27.2 Å². The number of nitro groups is 1. The third kappa shape index (κ3) is 3.26. The second-order valence-corrected chi connectivity index (χ2v) is 6.55. The van der Waals surface area contributed by atoms with E-state index in [0.29, 0.717) is 13.0 Å². The molecule has 2 N–H and O–H groups in total. The van der Waals surface area contributed by atoms with Crippen LogP contribution in [0, 0.1) is 10.1 Å². The number of benzene rings is 1. The van der Waals surface area contributed by atoms with Gasteiger partial charge in [0.1, 0.15) is 4.90 Å². The Balaban J connectivity index is 3.31. The first kappa shape index (κ1) is 16.4. The molecule has 0 aromatic heterocycles. The molecule has 7 nitrogen and oxygen atoms in total. The summed E-state index contributed by atoms with van der Waals surface area (Å²) in [5.74, 6) is 0. The normalized spacial score (nSPS) is 12.1. The number of non-ortho nitro benzene ring substituents is 1. The molecule has 0 saturated carbocycles. The highest BCUT2D eigenvalue weighted by molar-refractivity contribution is 7.89. The van der Waals surface area contributed by atoms with Gasteiger partial charge in [-0.15, -0.1) is 0 Å². The Bertz CT molecular complexity index is 599. The summed E-state index contributed by atoms with van der Waals surface area (Å²) in [4.78, 5) is 9.94. The molecule has 0 heterocycles. The summed E-state index contributed by atoms with van der Waals surface area (Å²) in [5, 5.41) is 10.6. The summed E-state index contributed by atoms with van der Waals surface area (Å²) in [7, 11) is -3.75. The summed E-state index contributed by atoms with van der Waals surface area (Å²) >= 11 is 0. The Morgan fingerprint density at radius 3 is 2.40 bits per heavy atom. The van der Waals surface area contributed by atoms with E-state index in [2.05, 4.69) is 0 Å². The number of anilines is 1. The fourth-order valence-electron chi connectivity index (χ4n) is 1.89. The lowest BCUT2D eigenvalue weighted by atomic mass is 10.3. The molecule has 8 heteroatoms. The van der Waals surface area contributed by atoms with Gasteiger partial charge >= 0.3 is 0 Å². The second kappa shape index (κ2) is 6.19. The van der Waals surface area contributed by atoms with E-state index in [1.165, 1.54) is 10.4 Å². The Morgan fingerprint density at radius 2 is 2.00 bits per heavy atom. The minimum atomic E-state index is -3.75. The van der Waals surface area contributed by atoms with E-state index < -0.39 is 14.9 Å². The van der Waals surface area contributed by atoms with Crippen molar-refractivity contribution in [3.63, 3.8) is 0 Å². The van der Waals surface area contributed by atoms with Crippen LogP contribution < -0.4 is 5.73 Å². The predicted molar refractivity (Wildman–Crippen MR) is 76.8 cm³/mol. The molecule has 0 spiro atoms. The Kier molecular flexibility index (Phi) is 5.07. The third-order valence-corrected chi connectivity index (χ3v) is 4.96. The van der Waals surface area contributed by atoms with Crippen molar-refractivity contribution >= 4 is 21.4 Å². The highest BCUT2D eigenvalue weighted by atomic mass is 32.2. The third-order valence-electron chi connectivity index (χ3n) is 2.81. The minimum Gasteiger partial charge on any atom is -0.397 e. The average molecular weight is 301 g/mol. The van der Waals surface area contributed by atoms with Crippen LogP contribution in [0.25, 0.3) is 0 Å². The molecule has 0 unspecified atom stereocenters. The molecule has 0 bridgehead atoms. The van der Waals surface area contributed by atoms with Crippen LogP contribution in [0.5, 0.6) is 0 Å². The quantitative estimate of drug-likeness (QED) is 0.491. The van der Waals surface area contributed by atoms with Crippen molar-refractivity contribution < 1.29 is 13.3 Å². The zero-order chi connectivity index (χ0) is 15.5. The van der Waals surface area contributed by atoms with Gasteiger partial charge in [0.2, 0.25) is 10.0 Å². The second-order valence-electron chi connectivity index (χ2n) is 4.69. The molecule has 1 rings (SSSR count). The molecule has 0 aliphatic rings. The number of sulfonamides is 1. The molecule has 20 heavy (non-hydrogen) atoms. The number of nitrogens with two attached hydrogens (primary N) is 1. The molecule has 0 radical (unpaired) electrons. The van der Waals surface area contributed by atoms with Gasteiger partial charge in [0, 0.05) is 24.7 Å². The van der Waals surface area contributed by atoms with Crippen LogP contribution in [-0.2, 0) is 10.0 Å². The van der Waals surface area contributed by atoms with Gasteiger partial charge in [0.05, 0.1) is 10.6 Å². The Hall–Kier alpha value is -1.67. The van der Waals surface area contributed by atoms with Gasteiger partial charge in [-0.1, -0.05) is 6.92 Å². The zero-order valence-corrected chi connectivity index (χ0v) is 12.6. The molecular weight excluding hydrogens is 282 g/mol. The molecule has 1 aromatic carbocycles. The maximum absolute atomic E-state index is 12.5. The molecule has 112 valence electrons. The molecule has 0 atom stereocenters. The van der Waals surface area contributed by atoms with Crippen LogP contribution in [0.3, 0.4) is 0 Å². The number of nitro benzene ring substituents is 1. The largest absolute Gasteiger partial charge is 0.397 e. The van der Waals surface area contributed by atoms with Crippen molar-refractivity contribution in [3.05, 3.63) is 28.3 Å². The van der Waals surface area contributed by atoms with Gasteiger partial charge in [-0.25, -0.2) is 8.42 Å². The smallest absolute Gasteiger partial charge is 0.271 e. The van der Waals surface area contributed by atoms with Gasteiger partial charge in [0.15, 0.2) is 0 Å². The van der Waals surface area contributed by atoms with Gasteiger partial charge < -0.3 is 5.73 Å². The van der Waals surface area contributed by atoms with E-state index in [4.69, 9.17) is 5.73 Å². The van der Waals surface area contributed by atoms with Crippen molar-refractivity contribution in [2.75, 3.05) is 12.3 Å². The van der Waals surface area contributed by atoms with Crippen LogP contribution in [0.15, 0.2) is 23.1 Å². The summed E-state index contributed by atoms with van der Waals surface area (Å²) in [6, 6.07) is 3.19. The molecule has 1 aromatic rings. The van der Waals surface area contributed by atoms with Crippen molar-refractivity contribution in [2.24, 2.45) is 0 Å². The molecule has 0 fully saturated rings. The maximum atomic E-state index is 12.5. The first-order valence-electron chi connectivity index (χ1n) is 6.27. The predicted octanol–water partition coefficient (Wildman–Crippen LogP) is 1.99. The number of hydrogen-bond donors (Lipinski definition) is 1. The van der Waals surface area contributed by atoms with E-state index in [1.54, 1.807) is 13.8 Å². The standard InChI is InChI=1S/C12H19N3O4S/c1-4-7-14(9(2)3)20(18,19)12-6-5-10(15(16)17)8-11(12)13/h5-6,8-9H,4,7,13H2,1-3H3. The summed E-state index contributed by atoms with van der Waals surface area (Å²) in [6.45, 7) is 5.80. The van der Waals surface area contributed by atoms with Crippen molar-refractivity contribution in [1.82, 2.24) is 4.31 Å². The van der Waals surface area contributed by atoms with E-state index in [-0.39, 0.29) is 22.3 Å². The van der Waals surface area contributed by atoms with Crippen molar-refractivity contribution in [1.29, 1.82) is 0 Å².